The summed E-state index contributed by atoms with van der Waals surface area (Å²) < 4.78 is 0. The maximum atomic E-state index is 10.5. The van der Waals surface area contributed by atoms with Crippen molar-refractivity contribution in [3.05, 3.63) is 35.4 Å². The van der Waals surface area contributed by atoms with Crippen LogP contribution in [0.15, 0.2) is 24.3 Å². The van der Waals surface area contributed by atoms with Crippen LogP contribution in [0.3, 0.4) is 0 Å². The first kappa shape index (κ1) is 14.0. The fourth-order valence-corrected chi connectivity index (χ4v) is 2.30. The van der Waals surface area contributed by atoms with Crippen LogP contribution < -0.4 is 0 Å². The van der Waals surface area contributed by atoms with Crippen molar-refractivity contribution in [2.75, 3.05) is 13.6 Å². The molecule has 0 unspecified atom stereocenters. The van der Waals surface area contributed by atoms with E-state index in [1.807, 2.05) is 7.05 Å². The summed E-state index contributed by atoms with van der Waals surface area (Å²) in [5.41, 5.74) is 2.82. The van der Waals surface area contributed by atoms with E-state index in [-0.39, 0.29) is 18.8 Å². The average molecular weight is 256 g/mol. The number of fused-ring (bicyclic) bond motifs is 1. The Morgan fingerprint density at radius 3 is 2.35 bits per heavy atom. The molecule has 1 N–H and O–H groups in total. The molecule has 0 amide bonds. The number of hydrogen-bond acceptors (Lipinski definition) is 2. The minimum absolute atomic E-state index is 0. The van der Waals surface area contributed by atoms with E-state index in [2.05, 4.69) is 29.2 Å². The second-order valence-electron chi connectivity index (χ2n) is 4.46. The predicted octanol–water partition coefficient (Wildman–Crippen LogP) is 1.98. The molecule has 0 heterocycles. The van der Waals surface area contributed by atoms with Crippen molar-refractivity contribution in [2.45, 2.75) is 25.3 Å². The summed E-state index contributed by atoms with van der Waals surface area (Å²) in [6, 6.07) is 8.94. The van der Waals surface area contributed by atoms with Gasteiger partial charge in [0.1, 0.15) is 0 Å². The Hall–Kier alpha value is -1.06. The molecule has 0 atom stereocenters. The number of nitrogens with zero attached hydrogens (tertiary/aromatic N) is 1. The van der Waals surface area contributed by atoms with Gasteiger partial charge in [-0.15, -0.1) is 12.4 Å². The molecule has 94 valence electrons. The number of carboxylic acid groups (broad SMARTS) is 1. The lowest BCUT2D eigenvalue weighted by Crippen LogP contribution is -2.33. The van der Waals surface area contributed by atoms with E-state index in [0.29, 0.717) is 12.6 Å². The Bertz CT molecular complexity index is 370. The summed E-state index contributed by atoms with van der Waals surface area (Å²) in [4.78, 5) is 12.7. The lowest BCUT2D eigenvalue weighted by molar-refractivity contribution is -0.137. The lowest BCUT2D eigenvalue weighted by Gasteiger charge is -2.23. The molecule has 0 saturated carbocycles. The molecular weight excluding hydrogens is 238 g/mol. The molecule has 2 rings (SSSR count). The molecular formula is C13H18ClNO2. The fourth-order valence-electron chi connectivity index (χ4n) is 2.30. The highest BCUT2D eigenvalue weighted by Gasteiger charge is 2.24. The van der Waals surface area contributed by atoms with Crippen molar-refractivity contribution in [1.82, 2.24) is 4.90 Å². The monoisotopic (exact) mass is 255 g/mol. The van der Waals surface area contributed by atoms with Crippen LogP contribution in [0.2, 0.25) is 0 Å². The van der Waals surface area contributed by atoms with Crippen LogP contribution in [0.4, 0.5) is 0 Å². The molecule has 1 aliphatic rings. The predicted molar refractivity (Wildman–Crippen MR) is 69.8 cm³/mol. The van der Waals surface area contributed by atoms with Gasteiger partial charge in [0.05, 0.1) is 6.42 Å². The number of likely N-dealkylation sites (N-methyl/N-ethyl adjacent to an activating group) is 1. The first-order valence-corrected chi connectivity index (χ1v) is 5.65. The van der Waals surface area contributed by atoms with E-state index in [1.165, 1.54) is 11.1 Å². The summed E-state index contributed by atoms with van der Waals surface area (Å²) >= 11 is 0. The number of hydrogen-bond donors (Lipinski definition) is 1. The van der Waals surface area contributed by atoms with Gasteiger partial charge in [0.15, 0.2) is 0 Å². The molecule has 1 aromatic carbocycles. The molecule has 0 radical (unpaired) electrons. The molecule has 1 aromatic rings. The van der Waals surface area contributed by atoms with Gasteiger partial charge in [0.2, 0.25) is 0 Å². The third-order valence-corrected chi connectivity index (χ3v) is 3.33. The smallest absolute Gasteiger partial charge is 0.304 e. The minimum Gasteiger partial charge on any atom is -0.481 e. The molecule has 0 spiro atoms. The highest BCUT2D eigenvalue weighted by atomic mass is 35.5. The van der Waals surface area contributed by atoms with E-state index in [0.717, 1.165) is 12.8 Å². The van der Waals surface area contributed by atoms with Crippen LogP contribution in [0.1, 0.15) is 17.5 Å². The number of aliphatic carboxylic acids is 1. The second kappa shape index (κ2) is 6.03. The van der Waals surface area contributed by atoms with Crippen molar-refractivity contribution in [3.8, 4) is 0 Å². The topological polar surface area (TPSA) is 40.5 Å². The molecule has 0 fully saturated rings. The summed E-state index contributed by atoms with van der Waals surface area (Å²) in [5, 5.41) is 8.65. The summed E-state index contributed by atoms with van der Waals surface area (Å²) in [7, 11) is 2.01. The molecule has 1 aliphatic carbocycles. The first-order chi connectivity index (χ1) is 7.66. The zero-order valence-corrected chi connectivity index (χ0v) is 10.7. The van der Waals surface area contributed by atoms with Crippen LogP contribution >= 0.6 is 12.4 Å². The number of carboxylic acids is 1. The van der Waals surface area contributed by atoms with Crippen LogP contribution in [0.5, 0.6) is 0 Å². The number of benzene rings is 1. The Kier molecular flexibility index (Phi) is 4.97. The molecule has 0 aromatic heterocycles. The lowest BCUT2D eigenvalue weighted by atomic mass is 10.1. The van der Waals surface area contributed by atoms with Gasteiger partial charge in [-0.05, 0) is 31.0 Å². The minimum atomic E-state index is -0.720. The summed E-state index contributed by atoms with van der Waals surface area (Å²) in [5.74, 6) is -0.720. The first-order valence-electron chi connectivity index (χ1n) is 5.65. The van der Waals surface area contributed by atoms with E-state index >= 15 is 0 Å². The second-order valence-corrected chi connectivity index (χ2v) is 4.46. The summed E-state index contributed by atoms with van der Waals surface area (Å²) in [6.07, 6.45) is 2.32. The maximum absolute atomic E-state index is 10.5. The third kappa shape index (κ3) is 3.45. The van der Waals surface area contributed by atoms with Crippen LogP contribution in [-0.2, 0) is 17.6 Å². The highest BCUT2D eigenvalue weighted by molar-refractivity contribution is 5.85. The van der Waals surface area contributed by atoms with E-state index < -0.39 is 5.97 Å². The van der Waals surface area contributed by atoms with Crippen LogP contribution in [0, 0.1) is 0 Å². The number of rotatable bonds is 4. The van der Waals surface area contributed by atoms with Gasteiger partial charge in [0, 0.05) is 12.6 Å². The zero-order valence-electron chi connectivity index (χ0n) is 9.93. The molecule has 0 aliphatic heterocycles. The maximum Gasteiger partial charge on any atom is 0.304 e. The molecule has 0 saturated heterocycles. The Morgan fingerprint density at radius 2 is 1.88 bits per heavy atom. The largest absolute Gasteiger partial charge is 0.481 e. The molecule has 4 heteroatoms. The molecule has 3 nitrogen and oxygen atoms in total. The van der Waals surface area contributed by atoms with Gasteiger partial charge in [-0.3, -0.25) is 4.79 Å². The standard InChI is InChI=1S/C13H17NO2.ClH/c1-14(7-6-13(15)16)12-8-10-4-2-3-5-11(10)9-12;/h2-5,12H,6-9H2,1H3,(H,15,16);1H. The van der Waals surface area contributed by atoms with Gasteiger partial charge in [-0.25, -0.2) is 0 Å². The number of carbonyl (C=O) groups is 1. The van der Waals surface area contributed by atoms with Gasteiger partial charge >= 0.3 is 5.97 Å². The normalized spacial score (nSPS) is 14.5. The van der Waals surface area contributed by atoms with Gasteiger partial charge < -0.3 is 10.0 Å². The SMILES string of the molecule is CN(CCC(=O)O)C1Cc2ccccc2C1.Cl. The van der Waals surface area contributed by atoms with E-state index in [4.69, 9.17) is 5.11 Å². The third-order valence-electron chi connectivity index (χ3n) is 3.33. The van der Waals surface area contributed by atoms with E-state index in [1.54, 1.807) is 0 Å². The molecule has 0 bridgehead atoms. The van der Waals surface area contributed by atoms with Gasteiger partial charge in [-0.1, -0.05) is 24.3 Å². The average Bonchev–Trinajstić information content (AvgIpc) is 2.69. The van der Waals surface area contributed by atoms with Crippen molar-refractivity contribution < 1.29 is 9.90 Å². The van der Waals surface area contributed by atoms with Crippen molar-refractivity contribution in [2.24, 2.45) is 0 Å². The Labute approximate surface area is 108 Å². The van der Waals surface area contributed by atoms with E-state index in [9.17, 15) is 4.79 Å². The Morgan fingerprint density at radius 1 is 1.35 bits per heavy atom. The fraction of sp³-hybridized carbons (Fsp3) is 0.462. The van der Waals surface area contributed by atoms with Crippen molar-refractivity contribution in [3.63, 3.8) is 0 Å². The molecule has 17 heavy (non-hydrogen) atoms. The van der Waals surface area contributed by atoms with Crippen LogP contribution in [0.25, 0.3) is 0 Å². The summed E-state index contributed by atoms with van der Waals surface area (Å²) in [6.45, 7) is 0.633. The quantitative estimate of drug-likeness (QED) is 0.895. The van der Waals surface area contributed by atoms with Crippen molar-refractivity contribution >= 4 is 18.4 Å². The highest BCUT2D eigenvalue weighted by Crippen LogP contribution is 2.24. The van der Waals surface area contributed by atoms with Crippen molar-refractivity contribution in [1.29, 1.82) is 0 Å². The number of halogens is 1. The zero-order chi connectivity index (χ0) is 11.5. The van der Waals surface area contributed by atoms with Crippen LogP contribution in [-0.4, -0.2) is 35.6 Å². The van der Waals surface area contributed by atoms with Gasteiger partial charge in [0.25, 0.3) is 0 Å². The van der Waals surface area contributed by atoms with Gasteiger partial charge in [-0.2, -0.15) is 0 Å². The Balaban J connectivity index is 0.00000144.